The van der Waals surface area contributed by atoms with Gasteiger partial charge in [-0.1, -0.05) is 0 Å². The van der Waals surface area contributed by atoms with Crippen molar-refractivity contribution in [1.29, 1.82) is 0 Å². The molecule has 3 heterocycles. The quantitative estimate of drug-likeness (QED) is 0.622. The molecule has 3 aromatic rings. The van der Waals surface area contributed by atoms with Gasteiger partial charge in [-0.25, -0.2) is 0 Å². The van der Waals surface area contributed by atoms with Crippen molar-refractivity contribution in [2.24, 2.45) is 0 Å². The summed E-state index contributed by atoms with van der Waals surface area (Å²) in [5, 5.41) is 23.8. The number of aryl methyl sites for hydroxylation is 2. The third-order valence-corrected chi connectivity index (χ3v) is 3.70. The molecule has 0 spiro atoms. The van der Waals surface area contributed by atoms with Crippen LogP contribution >= 0.6 is 0 Å². The summed E-state index contributed by atoms with van der Waals surface area (Å²) in [4.78, 5) is 22.8. The van der Waals surface area contributed by atoms with Crippen LogP contribution in [0.5, 0.6) is 0 Å². The molecule has 0 saturated heterocycles. The topological polar surface area (TPSA) is 120 Å². The summed E-state index contributed by atoms with van der Waals surface area (Å²) >= 11 is 0. The Morgan fingerprint density at radius 3 is 2.54 bits per heavy atom. The fourth-order valence-electron chi connectivity index (χ4n) is 2.38. The molecule has 0 saturated carbocycles. The number of hydrogen-bond acceptors (Lipinski definition) is 5. The third-order valence-electron chi connectivity index (χ3n) is 3.70. The molecule has 0 aliphatic heterocycles. The lowest BCUT2D eigenvalue weighted by atomic mass is 10.3. The van der Waals surface area contributed by atoms with Crippen LogP contribution in [0.4, 0.5) is 5.69 Å². The molecule has 0 unspecified atom stereocenters. The molecule has 1 amide bonds. The lowest BCUT2D eigenvalue weighted by Gasteiger charge is -2.00. The van der Waals surface area contributed by atoms with Crippen LogP contribution in [-0.4, -0.2) is 46.3 Å². The minimum absolute atomic E-state index is 0.0515. The summed E-state index contributed by atoms with van der Waals surface area (Å²) in [6.45, 7) is 3.59. The molecule has 0 atom stereocenters. The first-order chi connectivity index (χ1) is 12.5. The Balaban J connectivity index is 1.58. The molecule has 10 heteroatoms. The molecule has 26 heavy (non-hydrogen) atoms. The highest BCUT2D eigenvalue weighted by atomic mass is 16.4. The number of hydrogen-bond donors (Lipinski definition) is 2. The smallest absolute Gasteiger partial charge is 0.305 e. The van der Waals surface area contributed by atoms with Crippen LogP contribution in [0, 0.1) is 0 Å². The van der Waals surface area contributed by atoms with Crippen LogP contribution in [-0.2, 0) is 24.4 Å². The molecule has 0 fully saturated rings. The zero-order valence-corrected chi connectivity index (χ0v) is 14.2. The average Bonchev–Trinajstić information content (AvgIpc) is 3.34. The summed E-state index contributed by atoms with van der Waals surface area (Å²) in [5.41, 5.74) is 1.94. The molecular formula is C16H19N7O3. The number of carbonyl (C=O) groups excluding carboxylic acids is 1. The van der Waals surface area contributed by atoms with Gasteiger partial charge in [-0.15, -0.1) is 0 Å². The van der Waals surface area contributed by atoms with Crippen LogP contribution in [0.2, 0.25) is 0 Å². The zero-order chi connectivity index (χ0) is 18.5. The number of rotatable bonds is 8. The monoisotopic (exact) mass is 357 g/mol. The number of nitrogens with zero attached hydrogens (tertiary/aromatic N) is 6. The second-order valence-electron chi connectivity index (χ2n) is 5.72. The molecule has 136 valence electrons. The van der Waals surface area contributed by atoms with Crippen LogP contribution in [0.1, 0.15) is 29.3 Å². The van der Waals surface area contributed by atoms with Crippen molar-refractivity contribution < 1.29 is 14.7 Å². The SMILES string of the molecule is CCn1cc(Cn2cc(NC(=O)c3cnn(CCC(=O)O)c3)cn2)cn1. The van der Waals surface area contributed by atoms with Crippen molar-refractivity contribution in [3.8, 4) is 0 Å². The van der Waals surface area contributed by atoms with Gasteiger partial charge in [0, 0.05) is 30.7 Å². The third kappa shape index (κ3) is 4.35. The Bertz CT molecular complexity index is 908. The summed E-state index contributed by atoms with van der Waals surface area (Å²) in [7, 11) is 0. The first-order valence-corrected chi connectivity index (χ1v) is 8.13. The number of carboxylic acid groups (broad SMARTS) is 1. The van der Waals surface area contributed by atoms with E-state index in [1.807, 2.05) is 17.8 Å². The molecule has 0 aromatic carbocycles. The molecule has 0 radical (unpaired) electrons. The van der Waals surface area contributed by atoms with E-state index in [-0.39, 0.29) is 18.9 Å². The van der Waals surface area contributed by atoms with Gasteiger partial charge < -0.3 is 10.4 Å². The first kappa shape index (κ1) is 17.4. The van der Waals surface area contributed by atoms with Gasteiger partial charge in [0.05, 0.1) is 49.4 Å². The van der Waals surface area contributed by atoms with Gasteiger partial charge in [0.25, 0.3) is 5.91 Å². The zero-order valence-electron chi connectivity index (χ0n) is 14.2. The standard InChI is InChI=1S/C16H19N7O3/c1-2-21-8-12(5-17-21)9-23-11-14(7-19-23)20-16(26)13-6-18-22(10-13)4-3-15(24)25/h5-8,10-11H,2-4,9H2,1H3,(H,20,26)(H,24,25). The van der Waals surface area contributed by atoms with Crippen LogP contribution in [0.25, 0.3) is 0 Å². The van der Waals surface area contributed by atoms with E-state index in [9.17, 15) is 9.59 Å². The molecule has 0 aliphatic rings. The number of aromatic nitrogens is 6. The van der Waals surface area contributed by atoms with Crippen molar-refractivity contribution in [2.45, 2.75) is 33.0 Å². The van der Waals surface area contributed by atoms with E-state index in [1.165, 1.54) is 17.1 Å². The minimum atomic E-state index is -0.914. The summed E-state index contributed by atoms with van der Waals surface area (Å²) in [5.74, 6) is -1.24. The number of aliphatic carboxylic acids is 1. The van der Waals surface area contributed by atoms with Gasteiger partial charge in [-0.3, -0.25) is 23.6 Å². The number of carbonyl (C=O) groups is 2. The van der Waals surface area contributed by atoms with E-state index in [0.717, 1.165) is 12.1 Å². The lowest BCUT2D eigenvalue weighted by molar-refractivity contribution is -0.137. The van der Waals surface area contributed by atoms with Crippen molar-refractivity contribution in [3.63, 3.8) is 0 Å². The number of carboxylic acids is 1. The van der Waals surface area contributed by atoms with Crippen molar-refractivity contribution in [2.75, 3.05) is 5.32 Å². The summed E-state index contributed by atoms with van der Waals surface area (Å²) in [6, 6.07) is 0. The lowest BCUT2D eigenvalue weighted by Crippen LogP contribution is -2.11. The highest BCUT2D eigenvalue weighted by Crippen LogP contribution is 2.10. The second kappa shape index (κ2) is 7.64. The van der Waals surface area contributed by atoms with Gasteiger partial charge in [-0.2, -0.15) is 15.3 Å². The molecular weight excluding hydrogens is 338 g/mol. The highest BCUT2D eigenvalue weighted by molar-refractivity contribution is 6.03. The molecule has 0 aliphatic carbocycles. The van der Waals surface area contributed by atoms with E-state index in [1.54, 1.807) is 23.3 Å². The summed E-state index contributed by atoms with van der Waals surface area (Å²) in [6.07, 6.45) is 9.90. The maximum absolute atomic E-state index is 12.2. The molecule has 3 rings (SSSR count). The normalized spacial score (nSPS) is 10.8. The number of amides is 1. The molecule has 2 N–H and O–H groups in total. The molecule has 10 nitrogen and oxygen atoms in total. The summed E-state index contributed by atoms with van der Waals surface area (Å²) < 4.78 is 4.98. The predicted molar refractivity (Wildman–Crippen MR) is 91.7 cm³/mol. The van der Waals surface area contributed by atoms with Crippen molar-refractivity contribution >= 4 is 17.6 Å². The van der Waals surface area contributed by atoms with Gasteiger partial charge in [-0.05, 0) is 6.92 Å². The Kier molecular flexibility index (Phi) is 5.11. The van der Waals surface area contributed by atoms with E-state index in [2.05, 4.69) is 20.6 Å². The Hall–Kier alpha value is -3.43. The van der Waals surface area contributed by atoms with Gasteiger partial charge in [0.15, 0.2) is 0 Å². The largest absolute Gasteiger partial charge is 0.481 e. The Labute approximate surface area is 149 Å². The van der Waals surface area contributed by atoms with Crippen LogP contribution in [0.3, 0.4) is 0 Å². The highest BCUT2D eigenvalue weighted by Gasteiger charge is 2.11. The Morgan fingerprint density at radius 2 is 1.81 bits per heavy atom. The second-order valence-corrected chi connectivity index (χ2v) is 5.72. The maximum Gasteiger partial charge on any atom is 0.305 e. The predicted octanol–water partition coefficient (Wildman–Crippen LogP) is 1.07. The number of anilines is 1. The van der Waals surface area contributed by atoms with Crippen LogP contribution < -0.4 is 5.32 Å². The van der Waals surface area contributed by atoms with Gasteiger partial charge in [0.2, 0.25) is 0 Å². The first-order valence-electron chi connectivity index (χ1n) is 8.13. The maximum atomic E-state index is 12.2. The van der Waals surface area contributed by atoms with E-state index < -0.39 is 5.97 Å². The van der Waals surface area contributed by atoms with Crippen LogP contribution in [0.15, 0.2) is 37.2 Å². The van der Waals surface area contributed by atoms with Gasteiger partial charge in [0.1, 0.15) is 0 Å². The van der Waals surface area contributed by atoms with E-state index >= 15 is 0 Å². The minimum Gasteiger partial charge on any atom is -0.481 e. The van der Waals surface area contributed by atoms with Crippen molar-refractivity contribution in [1.82, 2.24) is 29.3 Å². The molecule has 3 aromatic heterocycles. The fourth-order valence-corrected chi connectivity index (χ4v) is 2.38. The fraction of sp³-hybridized carbons (Fsp3) is 0.312. The number of nitrogens with one attached hydrogen (secondary N) is 1. The molecule has 0 bridgehead atoms. The Morgan fingerprint density at radius 1 is 1.04 bits per heavy atom. The average molecular weight is 357 g/mol. The van der Waals surface area contributed by atoms with Gasteiger partial charge >= 0.3 is 5.97 Å². The van der Waals surface area contributed by atoms with E-state index in [0.29, 0.717) is 17.8 Å². The van der Waals surface area contributed by atoms with E-state index in [4.69, 9.17) is 5.11 Å². The van der Waals surface area contributed by atoms with Crippen molar-refractivity contribution in [3.05, 3.63) is 48.3 Å².